The van der Waals surface area contributed by atoms with E-state index in [1.807, 2.05) is 6.07 Å². The molecule has 6 heteroatoms. The van der Waals surface area contributed by atoms with Gasteiger partial charge in [0, 0.05) is 21.2 Å². The molecule has 3 aromatic carbocycles. The van der Waals surface area contributed by atoms with Crippen molar-refractivity contribution in [1.29, 1.82) is 0 Å². The Morgan fingerprint density at radius 3 is 2.03 bits per heavy atom. The number of carbonyl (C=O) groups excluding carboxylic acids is 2. The summed E-state index contributed by atoms with van der Waals surface area (Å²) in [6.45, 7) is 0. The number of nitrogens with one attached hydrogen (secondary N) is 1. The van der Waals surface area contributed by atoms with Gasteiger partial charge in [0.25, 0.3) is 5.91 Å². The summed E-state index contributed by atoms with van der Waals surface area (Å²) in [5.41, 5.74) is 1.65. The summed E-state index contributed by atoms with van der Waals surface area (Å²) in [6, 6.07) is 22.0. The van der Waals surface area contributed by atoms with E-state index in [9.17, 15) is 19.5 Å². The van der Waals surface area contributed by atoms with Crippen molar-refractivity contribution in [2.24, 2.45) is 0 Å². The third-order valence-corrected chi connectivity index (χ3v) is 4.81. The number of ketones is 1. The summed E-state index contributed by atoms with van der Waals surface area (Å²) in [6.07, 6.45) is 1.34. The molecular weight excluding hydrogens is 434 g/mol. The fourth-order valence-corrected chi connectivity index (χ4v) is 3.10. The van der Waals surface area contributed by atoms with Gasteiger partial charge in [-0.05, 0) is 35.9 Å². The summed E-state index contributed by atoms with van der Waals surface area (Å²) in [5.74, 6) is -1.92. The van der Waals surface area contributed by atoms with E-state index in [-0.39, 0.29) is 11.5 Å². The second-order valence-corrected chi connectivity index (χ2v) is 6.97. The molecule has 0 saturated carbocycles. The van der Waals surface area contributed by atoms with Crippen LogP contribution in [0.3, 0.4) is 0 Å². The molecule has 0 aliphatic carbocycles. The van der Waals surface area contributed by atoms with Gasteiger partial charge in [-0.1, -0.05) is 70.5 Å². The van der Waals surface area contributed by atoms with Gasteiger partial charge in [-0.25, -0.2) is 4.79 Å². The molecule has 0 bridgehead atoms. The van der Waals surface area contributed by atoms with Crippen molar-refractivity contribution in [2.75, 3.05) is 0 Å². The standard InChI is InChI=1S/C23H16BrNO4/c24-19-9-5-4-8-18(19)21(26)16-12-10-15(11-13-16)14-20(23(28)29)25-22(27)17-6-2-1-3-7-17/h1-14H,(H,25,27)(H,28,29)/b20-14+. The number of aliphatic carboxylic acids is 1. The van der Waals surface area contributed by atoms with Crippen LogP contribution in [0.4, 0.5) is 0 Å². The second-order valence-electron chi connectivity index (χ2n) is 6.11. The molecule has 0 aromatic heterocycles. The first-order chi connectivity index (χ1) is 14.0. The summed E-state index contributed by atoms with van der Waals surface area (Å²) in [4.78, 5) is 36.4. The minimum Gasteiger partial charge on any atom is -0.477 e. The highest BCUT2D eigenvalue weighted by Crippen LogP contribution is 2.20. The minimum absolute atomic E-state index is 0.149. The fraction of sp³-hybridized carbons (Fsp3) is 0. The van der Waals surface area contributed by atoms with Crippen molar-refractivity contribution in [3.8, 4) is 0 Å². The molecule has 144 valence electrons. The van der Waals surface area contributed by atoms with E-state index in [1.54, 1.807) is 72.8 Å². The Bertz CT molecular complexity index is 1090. The number of carboxylic acids is 1. The van der Waals surface area contributed by atoms with Gasteiger partial charge in [0.15, 0.2) is 5.78 Å². The van der Waals surface area contributed by atoms with Crippen LogP contribution in [0.5, 0.6) is 0 Å². The van der Waals surface area contributed by atoms with E-state index < -0.39 is 11.9 Å². The van der Waals surface area contributed by atoms with E-state index in [0.717, 1.165) is 0 Å². The first-order valence-electron chi connectivity index (χ1n) is 8.66. The van der Waals surface area contributed by atoms with Crippen LogP contribution in [-0.4, -0.2) is 22.8 Å². The van der Waals surface area contributed by atoms with Gasteiger partial charge >= 0.3 is 5.97 Å². The molecule has 0 heterocycles. The molecule has 3 aromatic rings. The zero-order valence-electron chi connectivity index (χ0n) is 15.1. The van der Waals surface area contributed by atoms with Gasteiger partial charge in [-0.3, -0.25) is 9.59 Å². The maximum atomic E-state index is 12.6. The number of hydrogen-bond donors (Lipinski definition) is 2. The highest BCUT2D eigenvalue weighted by Gasteiger charge is 2.14. The van der Waals surface area contributed by atoms with E-state index >= 15 is 0 Å². The molecule has 0 radical (unpaired) electrons. The third kappa shape index (κ3) is 5.06. The molecule has 1 amide bonds. The molecule has 0 aliphatic heterocycles. The SMILES string of the molecule is O=C(O)/C(=C\c1ccc(C(=O)c2ccccc2Br)cc1)NC(=O)c1ccccc1. The Balaban J connectivity index is 1.81. The number of carbonyl (C=O) groups is 3. The molecule has 2 N–H and O–H groups in total. The lowest BCUT2D eigenvalue weighted by atomic mass is 10.0. The van der Waals surface area contributed by atoms with Gasteiger partial charge < -0.3 is 10.4 Å². The summed E-state index contributed by atoms with van der Waals surface area (Å²) >= 11 is 3.36. The quantitative estimate of drug-likeness (QED) is 0.427. The molecule has 0 atom stereocenters. The molecule has 0 saturated heterocycles. The van der Waals surface area contributed by atoms with Gasteiger partial charge in [0.05, 0.1) is 0 Å². The van der Waals surface area contributed by atoms with Crippen LogP contribution >= 0.6 is 15.9 Å². The van der Waals surface area contributed by atoms with Crippen molar-refractivity contribution in [3.05, 3.63) is 111 Å². The molecule has 0 spiro atoms. The average molecular weight is 450 g/mol. The van der Waals surface area contributed by atoms with Crippen LogP contribution in [0, 0.1) is 0 Å². The lowest BCUT2D eigenvalue weighted by Gasteiger charge is -2.07. The molecular formula is C23H16BrNO4. The van der Waals surface area contributed by atoms with Gasteiger partial charge in [0.2, 0.25) is 0 Å². The number of hydrogen-bond acceptors (Lipinski definition) is 3. The van der Waals surface area contributed by atoms with Crippen molar-refractivity contribution >= 4 is 39.7 Å². The number of carboxylic acid groups (broad SMARTS) is 1. The van der Waals surface area contributed by atoms with Crippen molar-refractivity contribution in [1.82, 2.24) is 5.32 Å². The van der Waals surface area contributed by atoms with Crippen molar-refractivity contribution < 1.29 is 19.5 Å². The van der Waals surface area contributed by atoms with Crippen molar-refractivity contribution in [2.45, 2.75) is 0 Å². The average Bonchev–Trinajstić information content (AvgIpc) is 2.74. The van der Waals surface area contributed by atoms with Crippen LogP contribution in [0.25, 0.3) is 6.08 Å². The highest BCUT2D eigenvalue weighted by molar-refractivity contribution is 9.10. The predicted octanol–water partition coefficient (Wildman–Crippen LogP) is 4.54. The smallest absolute Gasteiger partial charge is 0.352 e. The molecule has 0 aliphatic rings. The van der Waals surface area contributed by atoms with Gasteiger partial charge in [-0.2, -0.15) is 0 Å². The van der Waals surface area contributed by atoms with E-state index in [4.69, 9.17) is 0 Å². The molecule has 5 nitrogen and oxygen atoms in total. The monoisotopic (exact) mass is 449 g/mol. The second kappa shape index (κ2) is 9.12. The van der Waals surface area contributed by atoms with Gasteiger partial charge in [0.1, 0.15) is 5.70 Å². The maximum absolute atomic E-state index is 12.6. The predicted molar refractivity (Wildman–Crippen MR) is 114 cm³/mol. The topological polar surface area (TPSA) is 83.5 Å². The number of amides is 1. The Morgan fingerprint density at radius 2 is 1.41 bits per heavy atom. The lowest BCUT2D eigenvalue weighted by molar-refractivity contribution is -0.132. The maximum Gasteiger partial charge on any atom is 0.352 e. The lowest BCUT2D eigenvalue weighted by Crippen LogP contribution is -2.27. The van der Waals surface area contributed by atoms with Gasteiger partial charge in [-0.15, -0.1) is 0 Å². The fourth-order valence-electron chi connectivity index (χ4n) is 2.63. The molecule has 3 rings (SSSR count). The zero-order valence-corrected chi connectivity index (χ0v) is 16.7. The van der Waals surface area contributed by atoms with E-state index in [0.29, 0.717) is 26.7 Å². The minimum atomic E-state index is -1.26. The van der Waals surface area contributed by atoms with Crippen LogP contribution in [-0.2, 0) is 4.79 Å². The zero-order chi connectivity index (χ0) is 20.8. The van der Waals surface area contributed by atoms with Crippen LogP contribution in [0.2, 0.25) is 0 Å². The first kappa shape index (κ1) is 20.2. The molecule has 29 heavy (non-hydrogen) atoms. The first-order valence-corrected chi connectivity index (χ1v) is 9.45. The third-order valence-electron chi connectivity index (χ3n) is 4.12. The summed E-state index contributed by atoms with van der Waals surface area (Å²) in [7, 11) is 0. The number of benzene rings is 3. The van der Waals surface area contributed by atoms with E-state index in [1.165, 1.54) is 6.08 Å². The Labute approximate surface area is 175 Å². The van der Waals surface area contributed by atoms with Crippen LogP contribution in [0.1, 0.15) is 31.8 Å². The highest BCUT2D eigenvalue weighted by atomic mass is 79.9. The van der Waals surface area contributed by atoms with Crippen LogP contribution < -0.4 is 5.32 Å². The van der Waals surface area contributed by atoms with E-state index in [2.05, 4.69) is 21.2 Å². The molecule has 0 unspecified atom stereocenters. The van der Waals surface area contributed by atoms with Crippen LogP contribution in [0.15, 0.2) is 89.0 Å². The largest absolute Gasteiger partial charge is 0.477 e. The Kier molecular flexibility index (Phi) is 6.36. The van der Waals surface area contributed by atoms with Crippen molar-refractivity contribution in [3.63, 3.8) is 0 Å². The molecule has 0 fully saturated rings. The number of halogens is 1. The Morgan fingerprint density at radius 1 is 0.793 bits per heavy atom. The normalized spacial score (nSPS) is 11.0. The summed E-state index contributed by atoms with van der Waals surface area (Å²) in [5, 5.41) is 11.8. The summed E-state index contributed by atoms with van der Waals surface area (Å²) < 4.78 is 0.700. The number of rotatable bonds is 6. The Hall–Kier alpha value is -3.51.